The summed E-state index contributed by atoms with van der Waals surface area (Å²) in [6.07, 6.45) is 4.61. The summed E-state index contributed by atoms with van der Waals surface area (Å²) in [5, 5.41) is 0. The molecular formula is C16H34Y2-4. The van der Waals surface area contributed by atoms with E-state index in [0.717, 1.165) is 12.8 Å². The maximum absolute atomic E-state index is 3.77. The molecule has 0 unspecified atom stereocenters. The van der Waals surface area contributed by atoms with Crippen molar-refractivity contribution < 1.29 is 65.4 Å². The van der Waals surface area contributed by atoms with E-state index in [9.17, 15) is 0 Å². The Morgan fingerprint density at radius 2 is 0.722 bits per heavy atom. The molecule has 0 fully saturated rings. The molecule has 0 rings (SSSR count). The average molecular weight is 404 g/mol. The first-order valence-corrected chi connectivity index (χ1v) is 6.21. The second-order valence-corrected chi connectivity index (χ2v) is 6.54. The zero-order valence-electron chi connectivity index (χ0n) is 13.8. The van der Waals surface area contributed by atoms with Crippen LogP contribution in [0.15, 0.2) is 0 Å². The molecule has 0 aliphatic rings. The van der Waals surface area contributed by atoms with Gasteiger partial charge in [-0.3, -0.25) is 0 Å². The van der Waals surface area contributed by atoms with Gasteiger partial charge in [-0.1, -0.05) is 54.4 Å². The summed E-state index contributed by atoms with van der Waals surface area (Å²) in [5.74, 6) is 0. The molecule has 0 aromatic rings. The first-order chi connectivity index (χ1) is 6.91. The fourth-order valence-corrected chi connectivity index (χ4v) is 0.354. The van der Waals surface area contributed by atoms with E-state index in [0.29, 0.717) is 0 Å². The Morgan fingerprint density at radius 1 is 0.611 bits per heavy atom. The summed E-state index contributed by atoms with van der Waals surface area (Å²) in [5.41, 5.74) is 0.500. The third-order valence-corrected chi connectivity index (χ3v) is 0.750. The third-order valence-electron chi connectivity index (χ3n) is 0.750. The van der Waals surface area contributed by atoms with Crippen LogP contribution in [0.25, 0.3) is 0 Å². The van der Waals surface area contributed by atoms with Gasteiger partial charge in [-0.25, -0.2) is 0 Å². The quantitative estimate of drug-likeness (QED) is 0.403. The maximum Gasteiger partial charge on any atom is 0 e. The van der Waals surface area contributed by atoms with Gasteiger partial charge < -0.3 is 27.7 Å². The molecule has 0 spiro atoms. The Kier molecular flexibility index (Phi) is 34.4. The van der Waals surface area contributed by atoms with Crippen LogP contribution in [-0.2, 0) is 65.4 Å². The molecule has 0 aromatic carbocycles. The van der Waals surface area contributed by atoms with Gasteiger partial charge in [0.05, 0.1) is 0 Å². The van der Waals surface area contributed by atoms with Gasteiger partial charge in [-0.05, 0) is 0 Å². The molecule has 0 saturated carbocycles. The monoisotopic (exact) mass is 404 g/mol. The molecule has 0 bridgehead atoms. The maximum atomic E-state index is 3.77. The van der Waals surface area contributed by atoms with Gasteiger partial charge in [0.15, 0.2) is 0 Å². The summed E-state index contributed by atoms with van der Waals surface area (Å²) >= 11 is 0. The molecule has 0 aliphatic carbocycles. The van der Waals surface area contributed by atoms with Crippen molar-refractivity contribution >= 4 is 0 Å². The first-order valence-electron chi connectivity index (χ1n) is 6.21. The molecule has 0 amide bonds. The second kappa shape index (κ2) is 19.2. The van der Waals surface area contributed by atoms with E-state index in [-0.39, 0.29) is 76.2 Å². The Hall–Kier alpha value is 2.21. The molecule has 0 aliphatic heterocycles. The van der Waals surface area contributed by atoms with Crippen LogP contribution in [0.3, 0.4) is 0 Å². The standard InChI is InChI=1S/C6H12.2C5H11.2Y/c1-3-5-6-4-2;2*1-5(2,3)4;;/h1-6H2;2*1H2,2-4H3;;/q-2;2*-1;;. The van der Waals surface area contributed by atoms with Crippen molar-refractivity contribution in [2.45, 2.75) is 67.2 Å². The average Bonchev–Trinajstić information content (AvgIpc) is 1.94. The summed E-state index contributed by atoms with van der Waals surface area (Å²) in [6.45, 7) is 27.4. The number of rotatable bonds is 3. The Balaban J connectivity index is -0.0000000447. The van der Waals surface area contributed by atoms with E-state index < -0.39 is 0 Å². The normalized spacial score (nSPS) is 9.67. The Bertz CT molecular complexity index is 90.0. The van der Waals surface area contributed by atoms with Crippen molar-refractivity contribution in [1.82, 2.24) is 0 Å². The van der Waals surface area contributed by atoms with Crippen LogP contribution < -0.4 is 0 Å². The number of hydrogen-bond donors (Lipinski definition) is 0. The Morgan fingerprint density at radius 3 is 0.778 bits per heavy atom. The van der Waals surface area contributed by atoms with Gasteiger partial charge in [0, 0.05) is 65.4 Å². The Labute approximate surface area is 169 Å². The second-order valence-electron chi connectivity index (χ2n) is 6.54. The zero-order chi connectivity index (χ0) is 13.8. The zero-order valence-corrected chi connectivity index (χ0v) is 19.5. The summed E-state index contributed by atoms with van der Waals surface area (Å²) in [4.78, 5) is 0. The fraction of sp³-hybridized carbons (Fsp3) is 0.750. The fourth-order valence-electron chi connectivity index (χ4n) is 0.354. The van der Waals surface area contributed by atoms with Gasteiger partial charge in [0.25, 0.3) is 0 Å². The minimum absolute atomic E-state index is 0. The van der Waals surface area contributed by atoms with Crippen molar-refractivity contribution in [1.29, 1.82) is 0 Å². The van der Waals surface area contributed by atoms with E-state index in [1.54, 1.807) is 0 Å². The van der Waals surface area contributed by atoms with Crippen LogP contribution in [0.2, 0.25) is 0 Å². The first kappa shape index (κ1) is 32.2. The molecule has 2 heteroatoms. The molecule has 0 heterocycles. The number of hydrogen-bond acceptors (Lipinski definition) is 0. The summed E-state index contributed by atoms with van der Waals surface area (Å²) in [7, 11) is 0. The third kappa shape index (κ3) is 199. The molecule has 108 valence electrons. The minimum Gasteiger partial charge on any atom is -0.343 e. The molecule has 0 atom stereocenters. The largest absolute Gasteiger partial charge is 0.343 e. The van der Waals surface area contributed by atoms with E-state index in [1.165, 1.54) is 12.8 Å². The van der Waals surface area contributed by atoms with Crippen molar-refractivity contribution in [2.24, 2.45) is 10.8 Å². The van der Waals surface area contributed by atoms with Crippen molar-refractivity contribution in [3.8, 4) is 0 Å². The van der Waals surface area contributed by atoms with E-state index in [1.807, 2.05) is 0 Å². The molecular weight excluding hydrogens is 370 g/mol. The predicted octanol–water partition coefficient (Wildman–Crippen LogP) is 5.94. The molecule has 0 saturated heterocycles. The van der Waals surface area contributed by atoms with Crippen molar-refractivity contribution in [3.63, 3.8) is 0 Å². The van der Waals surface area contributed by atoms with Crippen LogP contribution in [0, 0.1) is 38.5 Å². The van der Waals surface area contributed by atoms with Gasteiger partial charge in [0.2, 0.25) is 0 Å². The molecule has 0 aromatic heterocycles. The molecule has 18 heavy (non-hydrogen) atoms. The van der Waals surface area contributed by atoms with Gasteiger partial charge in [-0.15, -0.1) is 0 Å². The van der Waals surface area contributed by atoms with Crippen LogP contribution in [-0.4, -0.2) is 0 Å². The van der Waals surface area contributed by atoms with Crippen molar-refractivity contribution in [3.05, 3.63) is 27.7 Å². The SMILES string of the molecule is [CH2-]C(C)(C)C.[CH2-]C(C)(C)C.[CH2-]CCCC[CH2-].[Y].[Y]. The van der Waals surface area contributed by atoms with Crippen LogP contribution in [0.1, 0.15) is 67.2 Å². The summed E-state index contributed by atoms with van der Waals surface area (Å²) in [6, 6.07) is 0. The van der Waals surface area contributed by atoms with Gasteiger partial charge in [0.1, 0.15) is 0 Å². The molecule has 2 radical (unpaired) electrons. The molecule has 0 nitrogen and oxygen atoms in total. The molecule has 0 N–H and O–H groups in total. The summed E-state index contributed by atoms with van der Waals surface area (Å²) < 4.78 is 0. The number of unbranched alkanes of at least 4 members (excludes halogenated alkanes) is 3. The van der Waals surface area contributed by atoms with E-state index in [2.05, 4.69) is 69.2 Å². The predicted molar refractivity (Wildman–Crippen MR) is 78.8 cm³/mol. The van der Waals surface area contributed by atoms with Crippen LogP contribution >= 0.6 is 0 Å². The smallest absolute Gasteiger partial charge is 0 e. The van der Waals surface area contributed by atoms with E-state index in [4.69, 9.17) is 0 Å². The minimum atomic E-state index is 0. The van der Waals surface area contributed by atoms with Gasteiger partial charge >= 0.3 is 0 Å². The van der Waals surface area contributed by atoms with Crippen LogP contribution in [0.5, 0.6) is 0 Å². The van der Waals surface area contributed by atoms with Crippen LogP contribution in [0.4, 0.5) is 0 Å². The van der Waals surface area contributed by atoms with Gasteiger partial charge in [-0.2, -0.15) is 23.7 Å². The van der Waals surface area contributed by atoms with Crippen molar-refractivity contribution in [2.75, 3.05) is 0 Å². The topological polar surface area (TPSA) is 0 Å². The van der Waals surface area contributed by atoms with E-state index >= 15 is 0 Å².